The molecule has 0 bridgehead atoms. The van der Waals surface area contributed by atoms with Crippen molar-refractivity contribution in [1.29, 1.82) is 5.26 Å². The Morgan fingerprint density at radius 3 is 1.75 bits per heavy atom. The van der Waals surface area contributed by atoms with E-state index in [1.54, 1.807) is 0 Å². The van der Waals surface area contributed by atoms with Gasteiger partial charge in [0.2, 0.25) is 5.95 Å². The number of allylic oxidation sites excluding steroid dienone is 4. The Labute approximate surface area is 376 Å². The van der Waals surface area contributed by atoms with Gasteiger partial charge in [-0.15, -0.1) is 0 Å². The molecule has 12 rings (SSSR count). The number of para-hydroxylation sites is 4. The highest BCUT2D eigenvalue weighted by molar-refractivity contribution is 6.14. The van der Waals surface area contributed by atoms with E-state index in [4.69, 9.17) is 15.0 Å². The van der Waals surface area contributed by atoms with Crippen LogP contribution in [0.15, 0.2) is 212 Å². The zero-order valence-electron chi connectivity index (χ0n) is 35.6. The Kier molecular flexibility index (Phi) is 9.13. The fraction of sp³-hybridized carbons (Fsp3) is 0.0508. The fourth-order valence-electron chi connectivity index (χ4n) is 9.80. The van der Waals surface area contributed by atoms with E-state index in [0.29, 0.717) is 29.6 Å². The summed E-state index contributed by atoms with van der Waals surface area (Å²) in [4.78, 5) is 16.1. The van der Waals surface area contributed by atoms with E-state index in [2.05, 4.69) is 216 Å². The van der Waals surface area contributed by atoms with Gasteiger partial charge in [0.25, 0.3) is 0 Å². The first kappa shape index (κ1) is 38.0. The summed E-state index contributed by atoms with van der Waals surface area (Å²) < 4.78 is 4.58. The number of rotatable bonds is 7. The lowest BCUT2D eigenvalue weighted by molar-refractivity contribution is 0.721. The van der Waals surface area contributed by atoms with Crippen LogP contribution in [-0.2, 0) is 0 Å². The molecule has 0 aliphatic heterocycles. The van der Waals surface area contributed by atoms with E-state index < -0.39 is 0 Å². The molecular formula is C59H40N6. The third kappa shape index (κ3) is 6.52. The topological polar surface area (TPSA) is 72.3 Å². The summed E-state index contributed by atoms with van der Waals surface area (Å²) in [5, 5.41) is 14.7. The quantitative estimate of drug-likeness (QED) is 0.160. The first-order valence-electron chi connectivity index (χ1n) is 22.1. The molecule has 1 atom stereocenters. The normalized spacial score (nSPS) is 13.9. The number of hydrogen-bond donors (Lipinski definition) is 0. The van der Waals surface area contributed by atoms with Gasteiger partial charge in [-0.25, -0.2) is 4.98 Å². The summed E-state index contributed by atoms with van der Waals surface area (Å²) in [5.41, 5.74) is 14.3. The van der Waals surface area contributed by atoms with Crippen LogP contribution >= 0.6 is 0 Å². The molecule has 6 heteroatoms. The van der Waals surface area contributed by atoms with Gasteiger partial charge >= 0.3 is 0 Å². The van der Waals surface area contributed by atoms with Gasteiger partial charge in [0.15, 0.2) is 11.6 Å². The predicted molar refractivity (Wildman–Crippen MR) is 266 cm³/mol. The minimum absolute atomic E-state index is 0.138. The highest BCUT2D eigenvalue weighted by Gasteiger charge is 2.24. The highest BCUT2D eigenvalue weighted by atomic mass is 15.2. The number of benzene rings is 8. The first-order chi connectivity index (χ1) is 32.1. The molecule has 11 aromatic rings. The third-order valence-electron chi connectivity index (χ3n) is 12.7. The van der Waals surface area contributed by atoms with Crippen molar-refractivity contribution >= 4 is 49.2 Å². The predicted octanol–water partition coefficient (Wildman–Crippen LogP) is 14.6. The lowest BCUT2D eigenvalue weighted by atomic mass is 9.92. The van der Waals surface area contributed by atoms with Crippen LogP contribution in [0.3, 0.4) is 0 Å². The van der Waals surface area contributed by atoms with Crippen molar-refractivity contribution in [3.05, 3.63) is 218 Å². The van der Waals surface area contributed by atoms with E-state index in [0.717, 1.165) is 83.0 Å². The molecule has 6 nitrogen and oxygen atoms in total. The zero-order valence-corrected chi connectivity index (χ0v) is 35.6. The summed E-state index contributed by atoms with van der Waals surface area (Å²) in [6.45, 7) is 2.13. The van der Waals surface area contributed by atoms with Crippen LogP contribution in [0.25, 0.3) is 106 Å². The molecule has 3 aromatic heterocycles. The average Bonchev–Trinajstić information content (AvgIpc) is 3.90. The SMILES string of the molecule is CC1C=C(c2nc(-c3ccc(-c4cccc(-c5ccccc5)c4)c(-n4c5ccccc5c5ccccc54)c3)nc(-n3c4ccccc4c4cccc(-c5ccccc5)c43)n2)C=C(C#N)C1. The smallest absolute Gasteiger partial charge is 0.238 e. The van der Waals surface area contributed by atoms with Gasteiger partial charge in [0.1, 0.15) is 0 Å². The molecule has 0 radical (unpaired) electrons. The molecule has 1 aliphatic carbocycles. The second-order valence-corrected chi connectivity index (χ2v) is 16.8. The van der Waals surface area contributed by atoms with Gasteiger partial charge in [-0.3, -0.25) is 4.57 Å². The summed E-state index contributed by atoms with van der Waals surface area (Å²) >= 11 is 0. The minimum atomic E-state index is 0.138. The maximum Gasteiger partial charge on any atom is 0.238 e. The van der Waals surface area contributed by atoms with Gasteiger partial charge in [-0.1, -0.05) is 177 Å². The number of nitriles is 1. The van der Waals surface area contributed by atoms with Crippen LogP contribution in [0.4, 0.5) is 0 Å². The molecule has 1 unspecified atom stereocenters. The number of hydrogen-bond acceptors (Lipinski definition) is 4. The first-order valence-corrected chi connectivity index (χ1v) is 22.1. The van der Waals surface area contributed by atoms with Crippen molar-refractivity contribution in [2.75, 3.05) is 0 Å². The van der Waals surface area contributed by atoms with Crippen LogP contribution in [-0.4, -0.2) is 24.1 Å². The van der Waals surface area contributed by atoms with Crippen LogP contribution in [0.5, 0.6) is 0 Å². The van der Waals surface area contributed by atoms with Crippen molar-refractivity contribution in [2.24, 2.45) is 5.92 Å². The van der Waals surface area contributed by atoms with E-state index in [1.165, 1.54) is 10.8 Å². The molecule has 0 amide bonds. The molecule has 8 aromatic carbocycles. The maximum atomic E-state index is 10.2. The molecule has 0 saturated heterocycles. The lowest BCUT2D eigenvalue weighted by Gasteiger charge is -2.18. The zero-order chi connectivity index (χ0) is 43.4. The summed E-state index contributed by atoms with van der Waals surface area (Å²) in [6, 6.07) is 71.0. The molecule has 1 aliphatic rings. The Balaban J connectivity index is 1.15. The van der Waals surface area contributed by atoms with E-state index in [1.807, 2.05) is 12.1 Å². The van der Waals surface area contributed by atoms with Crippen molar-refractivity contribution in [3.8, 4) is 62.5 Å². The lowest BCUT2D eigenvalue weighted by Crippen LogP contribution is -2.10. The molecular weight excluding hydrogens is 793 g/mol. The number of nitrogens with zero attached hydrogens (tertiary/aromatic N) is 6. The Morgan fingerprint density at radius 1 is 0.477 bits per heavy atom. The van der Waals surface area contributed by atoms with Crippen LogP contribution in [0, 0.1) is 17.2 Å². The van der Waals surface area contributed by atoms with E-state index in [9.17, 15) is 5.26 Å². The van der Waals surface area contributed by atoms with Crippen LogP contribution < -0.4 is 0 Å². The average molecular weight is 833 g/mol. The molecule has 3 heterocycles. The largest absolute Gasteiger partial charge is 0.309 e. The standard InChI is InChI=1S/C59H40N6/c1-38-32-39(37-60)34-45(33-38)58-61-57(62-59(63-58)65-54-29-13-10-24-50(54)51-26-15-25-47(56(51)65)41-18-6-3-7-19-41)44-30-31-46(43-21-14-20-42(35-43)40-16-4-2-5-17-40)55(36-44)64-52-27-11-8-22-48(52)49-23-9-12-28-53(49)64/h2-31,33-36,38H,32H2,1H3. The molecule has 0 N–H and O–H groups in total. The van der Waals surface area contributed by atoms with Crippen LogP contribution in [0.2, 0.25) is 0 Å². The van der Waals surface area contributed by atoms with Gasteiger partial charge < -0.3 is 4.57 Å². The Morgan fingerprint density at radius 2 is 1.05 bits per heavy atom. The molecule has 0 saturated carbocycles. The Bertz CT molecular complexity index is 3720. The number of fused-ring (bicyclic) bond motifs is 6. The van der Waals surface area contributed by atoms with Gasteiger partial charge in [-0.2, -0.15) is 15.2 Å². The third-order valence-corrected chi connectivity index (χ3v) is 12.7. The number of aromatic nitrogens is 5. The van der Waals surface area contributed by atoms with Crippen molar-refractivity contribution in [2.45, 2.75) is 13.3 Å². The summed E-state index contributed by atoms with van der Waals surface area (Å²) in [6.07, 6.45) is 4.79. The van der Waals surface area contributed by atoms with Gasteiger partial charge in [-0.05, 0) is 71.0 Å². The Hall–Kier alpha value is -8.66. The highest BCUT2D eigenvalue weighted by Crippen LogP contribution is 2.41. The second-order valence-electron chi connectivity index (χ2n) is 16.8. The minimum Gasteiger partial charge on any atom is -0.309 e. The monoisotopic (exact) mass is 832 g/mol. The molecule has 65 heavy (non-hydrogen) atoms. The fourth-order valence-corrected chi connectivity index (χ4v) is 9.80. The molecule has 0 fully saturated rings. The maximum absolute atomic E-state index is 10.2. The summed E-state index contributed by atoms with van der Waals surface area (Å²) in [7, 11) is 0. The van der Waals surface area contributed by atoms with Gasteiger partial charge in [0, 0.05) is 49.4 Å². The van der Waals surface area contributed by atoms with Crippen molar-refractivity contribution in [3.63, 3.8) is 0 Å². The molecule has 0 spiro atoms. The van der Waals surface area contributed by atoms with E-state index >= 15 is 0 Å². The van der Waals surface area contributed by atoms with Crippen LogP contribution in [0.1, 0.15) is 19.2 Å². The summed E-state index contributed by atoms with van der Waals surface area (Å²) in [5.74, 6) is 1.69. The second kappa shape index (κ2) is 15.6. The van der Waals surface area contributed by atoms with Gasteiger partial charge in [0.05, 0.1) is 33.8 Å². The molecule has 306 valence electrons. The van der Waals surface area contributed by atoms with Crippen molar-refractivity contribution in [1.82, 2.24) is 24.1 Å². The van der Waals surface area contributed by atoms with E-state index in [-0.39, 0.29) is 5.92 Å². The van der Waals surface area contributed by atoms with Crippen molar-refractivity contribution < 1.29 is 0 Å².